The predicted molar refractivity (Wildman–Crippen MR) is 358 cm³/mol. The van der Waals surface area contributed by atoms with E-state index < -0.39 is 102 Å². The molecule has 5 fully saturated rings. The van der Waals surface area contributed by atoms with E-state index in [-0.39, 0.29) is 56.1 Å². The fourth-order valence-corrected chi connectivity index (χ4v) is 14.5. The van der Waals surface area contributed by atoms with Crippen LogP contribution in [0.2, 0.25) is 0 Å². The van der Waals surface area contributed by atoms with Gasteiger partial charge in [0.15, 0.2) is 5.78 Å². The van der Waals surface area contributed by atoms with Gasteiger partial charge in [0.25, 0.3) is 11.7 Å². The number of hydrogen-bond donors (Lipinski definition) is 4. The Balaban J connectivity index is 1.02. The molecule has 5 heterocycles. The van der Waals surface area contributed by atoms with Crippen LogP contribution in [-0.2, 0) is 71.3 Å². The molecule has 0 radical (unpaired) electrons. The number of allylic oxidation sites excluding steroid dienone is 5. The largest absolute Gasteiger partial charge is 0.460 e. The number of nitrogens with one attached hydrogen (secondary N) is 1. The van der Waals surface area contributed by atoms with E-state index >= 15 is 0 Å². The van der Waals surface area contributed by atoms with Crippen LogP contribution in [0.3, 0.4) is 0 Å². The number of fused-ring (bicyclic) bond motifs is 5. The minimum absolute atomic E-state index is 0.00579. The summed E-state index contributed by atoms with van der Waals surface area (Å²) in [4.78, 5) is 77.0. The van der Waals surface area contributed by atoms with Crippen molar-refractivity contribution < 1.29 is 91.4 Å². The molecule has 0 aromatic heterocycles. The van der Waals surface area contributed by atoms with E-state index in [0.717, 1.165) is 44.8 Å². The molecule has 0 aromatic carbocycles. The molecular formula is C72H120N4O19. The molecule has 0 aromatic rings. The number of hydrogen-bond acceptors (Lipinski definition) is 21. The Bertz CT molecular complexity index is 2460. The minimum Gasteiger partial charge on any atom is -0.460 e. The Morgan fingerprint density at radius 3 is 2.00 bits per heavy atom. The fourth-order valence-electron chi connectivity index (χ4n) is 14.5. The van der Waals surface area contributed by atoms with Gasteiger partial charge in [0.05, 0.1) is 83.9 Å². The Kier molecular flexibility index (Phi) is 34.9. The number of cyclic esters (lactones) is 1. The van der Waals surface area contributed by atoms with Gasteiger partial charge in [0, 0.05) is 110 Å². The first kappa shape index (κ1) is 79.9. The third-order valence-electron chi connectivity index (χ3n) is 20.4. The second kappa shape index (κ2) is 41.5. The summed E-state index contributed by atoms with van der Waals surface area (Å²) in [5, 5.41) is 38.6. The number of amides is 2. The number of nitrogens with zero attached hydrogens (tertiary/aromatic N) is 3. The van der Waals surface area contributed by atoms with Crippen LogP contribution in [0.1, 0.15) is 145 Å². The van der Waals surface area contributed by atoms with Gasteiger partial charge in [0.1, 0.15) is 30.5 Å². The minimum atomic E-state index is -2.46. The number of likely N-dealkylation sites (tertiary alicyclic amines) is 2. The van der Waals surface area contributed by atoms with Crippen molar-refractivity contribution in [3.05, 3.63) is 47.6 Å². The van der Waals surface area contributed by atoms with Gasteiger partial charge in [0.2, 0.25) is 5.79 Å². The van der Waals surface area contributed by atoms with Crippen molar-refractivity contribution in [1.29, 1.82) is 0 Å². The lowest BCUT2D eigenvalue weighted by molar-refractivity contribution is -0.265. The van der Waals surface area contributed by atoms with Crippen LogP contribution in [0, 0.1) is 35.5 Å². The molecule has 4 N–H and O–H groups in total. The Hall–Kier alpha value is -4.05. The van der Waals surface area contributed by atoms with Gasteiger partial charge in [-0.15, -0.1) is 0 Å². The van der Waals surface area contributed by atoms with Gasteiger partial charge in [-0.3, -0.25) is 24.2 Å². The van der Waals surface area contributed by atoms with Crippen molar-refractivity contribution in [3.8, 4) is 0 Å². The molecule has 5 aliphatic heterocycles. The molecule has 0 unspecified atom stereocenters. The first-order valence-corrected chi connectivity index (χ1v) is 35.6. The fraction of sp³-hybridized carbons (Fsp3) is 0.819. The van der Waals surface area contributed by atoms with E-state index in [2.05, 4.69) is 22.0 Å². The van der Waals surface area contributed by atoms with Gasteiger partial charge in [-0.2, -0.15) is 0 Å². The molecule has 542 valence electrons. The zero-order valence-corrected chi connectivity index (χ0v) is 59.2. The monoisotopic (exact) mass is 1340 g/mol. The summed E-state index contributed by atoms with van der Waals surface area (Å²) in [6.45, 7) is 24.8. The summed E-state index contributed by atoms with van der Waals surface area (Å²) in [6, 6.07) is -0.0713. The average molecular weight is 1350 g/mol. The third-order valence-corrected chi connectivity index (χ3v) is 20.4. The summed E-state index contributed by atoms with van der Waals surface area (Å²) in [7, 11) is 4.56. The molecule has 95 heavy (non-hydrogen) atoms. The van der Waals surface area contributed by atoms with Gasteiger partial charge >= 0.3 is 12.1 Å². The Morgan fingerprint density at radius 1 is 0.716 bits per heavy atom. The molecule has 0 spiro atoms. The maximum Gasteiger partial charge on any atom is 0.407 e. The number of methoxy groups -OCH3 is 3. The third kappa shape index (κ3) is 24.7. The lowest BCUT2D eigenvalue weighted by Crippen LogP contribution is -2.61. The summed E-state index contributed by atoms with van der Waals surface area (Å²) in [5.41, 5.74) is 1.30. The molecule has 4 saturated heterocycles. The number of carbonyl (C=O) groups is 5. The standard InChI is InChI=1S/C72H120N4O19/c1-12-29-88-33-37-92-38-36-91-32-28-75-47-56-43-57(75)46-74(56)27-31-90-35-34-89-30-25-73-71(83)94-61-24-22-55(42-64(61)86-10)41-51(5)63-45-60(77)50(4)40-53(7)66(79)67(87-11)65(78)52(6)39-48(2)18-14-13-15-19-49(3)62(85-9)44-58-23-21-54(8)72(84,95-58)68(80)69(81)76-26-17-16-20-59(76)70(82)93-63/h13-15,18-19,40,48,50-52,54-64,66-67,77,79,84H,12,16-17,20-39,41-47H2,1-11H3,(H,73,83)/b15-13+,18-14+,49-19+,53-40+/t48-,50-,51-,52-,54-,55+,56+,57+,58+,59+,60-,61-,62+,63+,64-,66-,67+,72-/m1/s1. The first-order chi connectivity index (χ1) is 45.6. The maximum atomic E-state index is 14.7. The number of piperidine rings is 1. The number of alkyl carbamates (subject to hydrolysis) is 1. The number of carbonyl (C=O) groups excluding carboxylic acids is 5. The molecule has 23 nitrogen and oxygen atoms in total. The van der Waals surface area contributed by atoms with Gasteiger partial charge < -0.3 is 77.6 Å². The van der Waals surface area contributed by atoms with Crippen LogP contribution in [0.25, 0.3) is 0 Å². The van der Waals surface area contributed by atoms with E-state index in [1.807, 2.05) is 58.1 Å². The smallest absolute Gasteiger partial charge is 0.407 e. The Labute approximate surface area is 566 Å². The number of aliphatic hydroxyl groups is 3. The second-order valence-corrected chi connectivity index (χ2v) is 27.7. The highest BCUT2D eigenvalue weighted by molar-refractivity contribution is 6.39. The highest BCUT2D eigenvalue weighted by atomic mass is 16.6. The SMILES string of the molecule is CCCOCCOCCOCCN1C[C@@H]2C[C@H]1CN2CCOCCOCCNC(=O)O[C@@H]1CC[C@@H](C[C@@H](C)[C@@H]2C[C@@H](O)[C@H](C)/C=C(\C)[C@@H](O)[C@@H](OC)C(=O)[C@H](C)C[C@H](C)/C=C/C=C/C=C(\C)[C@@H](OC)C[C@@H]3CC[C@@H](C)[C@@](O)(O3)C(=O)C(=O)N3CCCC[C@H]3C(=O)O2)C[C@H]1OC. The molecular weight excluding hydrogens is 1220 g/mol. The van der Waals surface area contributed by atoms with Crippen LogP contribution < -0.4 is 5.32 Å². The average Bonchev–Trinajstić information content (AvgIpc) is 0.891. The van der Waals surface area contributed by atoms with Gasteiger partial charge in [-0.25, -0.2) is 9.59 Å². The van der Waals surface area contributed by atoms with Crippen molar-refractivity contribution in [3.63, 3.8) is 0 Å². The number of ketones is 2. The van der Waals surface area contributed by atoms with Crippen molar-refractivity contribution in [2.75, 3.05) is 127 Å². The zero-order valence-electron chi connectivity index (χ0n) is 59.2. The van der Waals surface area contributed by atoms with E-state index in [9.17, 15) is 39.3 Å². The van der Waals surface area contributed by atoms with Crippen molar-refractivity contribution in [2.24, 2.45) is 35.5 Å². The number of esters is 1. The van der Waals surface area contributed by atoms with Crippen LogP contribution in [0.15, 0.2) is 47.6 Å². The summed E-state index contributed by atoms with van der Waals surface area (Å²) < 4.78 is 64.6. The maximum absolute atomic E-state index is 14.7. The van der Waals surface area contributed by atoms with Gasteiger partial charge in [-0.1, -0.05) is 78.0 Å². The number of rotatable bonds is 27. The number of piperazine rings is 1. The summed E-state index contributed by atoms with van der Waals surface area (Å²) >= 11 is 0. The predicted octanol–water partition coefficient (Wildman–Crippen LogP) is 6.96. The lowest BCUT2D eigenvalue weighted by atomic mass is 9.78. The van der Waals surface area contributed by atoms with Crippen LogP contribution in [0.5, 0.6) is 0 Å². The van der Waals surface area contributed by atoms with E-state index in [1.165, 1.54) is 18.4 Å². The Morgan fingerprint density at radius 2 is 1.37 bits per heavy atom. The molecule has 18 atom stereocenters. The van der Waals surface area contributed by atoms with Crippen LogP contribution in [0.4, 0.5) is 4.79 Å². The molecule has 23 heteroatoms. The highest BCUT2D eigenvalue weighted by Crippen LogP contribution is 2.39. The molecule has 4 bridgehead atoms. The normalized spacial score (nSPS) is 35.4. The van der Waals surface area contributed by atoms with E-state index in [4.69, 9.17) is 52.1 Å². The molecule has 2 amide bonds. The number of Topliss-reactive ketones (excluding diaryl/α,β-unsaturated/α-hetero) is 2. The number of aliphatic hydroxyl groups excluding tert-OH is 2. The van der Waals surface area contributed by atoms with Crippen LogP contribution >= 0.6 is 0 Å². The van der Waals surface area contributed by atoms with Crippen LogP contribution in [-0.4, -0.2) is 259 Å². The first-order valence-electron chi connectivity index (χ1n) is 35.6. The zero-order chi connectivity index (χ0) is 69.0. The quantitative estimate of drug-likeness (QED) is 0.0280. The van der Waals surface area contributed by atoms with Crippen molar-refractivity contribution >= 4 is 29.5 Å². The molecule has 6 aliphatic rings. The molecule has 1 aliphatic carbocycles. The highest BCUT2D eigenvalue weighted by Gasteiger charge is 2.53. The summed E-state index contributed by atoms with van der Waals surface area (Å²) in [5.74, 6) is -7.73. The molecule has 1 saturated carbocycles. The molecule has 6 rings (SSSR count). The van der Waals surface area contributed by atoms with Crippen molar-refractivity contribution in [2.45, 2.75) is 218 Å². The number of ether oxygens (including phenoxy) is 11. The van der Waals surface area contributed by atoms with Crippen molar-refractivity contribution in [1.82, 2.24) is 20.0 Å². The summed E-state index contributed by atoms with van der Waals surface area (Å²) in [6.07, 6.45) is 11.6. The van der Waals surface area contributed by atoms with Gasteiger partial charge in [-0.05, 0) is 120 Å². The lowest BCUT2D eigenvalue weighted by Gasteiger charge is -2.43. The van der Waals surface area contributed by atoms with E-state index in [0.29, 0.717) is 135 Å². The van der Waals surface area contributed by atoms with E-state index in [1.54, 1.807) is 41.1 Å². The second-order valence-electron chi connectivity index (χ2n) is 27.7. The topological polar surface area (TPSA) is 269 Å².